The smallest absolute Gasteiger partial charge is 0.253 e. The monoisotopic (exact) mass is 469 g/mol. The maximum atomic E-state index is 13.5. The molecule has 170 valence electrons. The van der Waals surface area contributed by atoms with Crippen molar-refractivity contribution in [1.82, 2.24) is 9.99 Å². The zero-order chi connectivity index (χ0) is 22.9. The van der Waals surface area contributed by atoms with Crippen LogP contribution in [0.25, 0.3) is 17.0 Å². The van der Waals surface area contributed by atoms with Crippen LogP contribution in [0.4, 0.5) is 0 Å². The van der Waals surface area contributed by atoms with Crippen LogP contribution in [0, 0.1) is 5.92 Å². The third kappa shape index (κ3) is 3.86. The number of hydrogen-bond acceptors (Lipinski definition) is 6. The number of hydrogen-bond donors (Lipinski definition) is 0. The van der Waals surface area contributed by atoms with Crippen molar-refractivity contribution in [3.8, 4) is 0 Å². The zero-order valence-corrected chi connectivity index (χ0v) is 19.3. The summed E-state index contributed by atoms with van der Waals surface area (Å²) in [5, 5.41) is 7.59. The molecule has 6 nitrogen and oxygen atoms in total. The molecule has 1 fully saturated rings. The molecule has 0 saturated heterocycles. The van der Waals surface area contributed by atoms with Crippen LogP contribution in [0.15, 0.2) is 97.7 Å². The lowest BCUT2D eigenvalue weighted by atomic mass is 9.79. The van der Waals surface area contributed by atoms with Crippen molar-refractivity contribution in [2.45, 2.75) is 30.2 Å². The Hall–Kier alpha value is -3.58. The van der Waals surface area contributed by atoms with E-state index < -0.39 is 0 Å². The summed E-state index contributed by atoms with van der Waals surface area (Å²) in [6, 6.07) is 17.4. The van der Waals surface area contributed by atoms with Gasteiger partial charge in [0.25, 0.3) is 5.91 Å². The van der Waals surface area contributed by atoms with Crippen LogP contribution in [0.5, 0.6) is 0 Å². The van der Waals surface area contributed by atoms with E-state index in [1.807, 2.05) is 54.6 Å². The number of pyridine rings is 1. The number of aromatic nitrogens is 1. The van der Waals surface area contributed by atoms with Crippen LogP contribution < -0.4 is 0 Å². The number of furan rings is 2. The van der Waals surface area contributed by atoms with Gasteiger partial charge in [-0.2, -0.15) is 5.10 Å². The van der Waals surface area contributed by atoms with Crippen molar-refractivity contribution in [2.24, 2.45) is 11.0 Å². The number of para-hydroxylation sites is 1. The molecule has 0 N–H and O–H groups in total. The predicted molar refractivity (Wildman–Crippen MR) is 132 cm³/mol. The van der Waals surface area contributed by atoms with E-state index in [0.717, 1.165) is 57.9 Å². The third-order valence-electron chi connectivity index (χ3n) is 6.40. The number of rotatable bonds is 5. The molecular formula is C27H23N3O3S. The van der Waals surface area contributed by atoms with Crippen molar-refractivity contribution < 1.29 is 13.6 Å². The molecule has 1 aliphatic carbocycles. The van der Waals surface area contributed by atoms with Gasteiger partial charge in [-0.3, -0.25) is 9.78 Å². The molecule has 1 aliphatic heterocycles. The fraction of sp³-hybridized carbons (Fsp3) is 0.222. The van der Waals surface area contributed by atoms with Gasteiger partial charge in [-0.1, -0.05) is 18.2 Å². The van der Waals surface area contributed by atoms with Crippen molar-refractivity contribution in [1.29, 1.82) is 0 Å². The predicted octanol–water partition coefficient (Wildman–Crippen LogP) is 6.34. The highest BCUT2D eigenvalue weighted by molar-refractivity contribution is 8.00. The Balaban J connectivity index is 1.30. The molecule has 2 aliphatic rings. The second kappa shape index (κ2) is 8.99. The molecule has 6 rings (SSSR count). The first-order chi connectivity index (χ1) is 16.8. The Morgan fingerprint density at radius 2 is 1.97 bits per heavy atom. The quantitative estimate of drug-likeness (QED) is 0.319. The van der Waals surface area contributed by atoms with Crippen molar-refractivity contribution in [3.05, 3.63) is 90.4 Å². The SMILES string of the molecule is O=C(CSc1cccc2cccnc12)N1N=C2C(=Cc3ccco3)CCCC2C1c1ccco1. The number of amides is 1. The Bertz CT molecular complexity index is 1370. The minimum Gasteiger partial charge on any atom is -0.467 e. The zero-order valence-electron chi connectivity index (χ0n) is 18.5. The highest BCUT2D eigenvalue weighted by Crippen LogP contribution is 2.45. The number of carbonyl (C=O) groups is 1. The van der Waals surface area contributed by atoms with Gasteiger partial charge in [0.1, 0.15) is 17.6 Å². The van der Waals surface area contributed by atoms with E-state index in [1.54, 1.807) is 23.7 Å². The van der Waals surface area contributed by atoms with Gasteiger partial charge in [0.05, 0.1) is 29.5 Å². The lowest BCUT2D eigenvalue weighted by molar-refractivity contribution is -0.131. The molecule has 0 radical (unpaired) electrons. The van der Waals surface area contributed by atoms with Crippen LogP contribution in [-0.4, -0.2) is 27.4 Å². The van der Waals surface area contributed by atoms with Gasteiger partial charge in [-0.15, -0.1) is 11.8 Å². The first-order valence-corrected chi connectivity index (χ1v) is 12.4. The average molecular weight is 470 g/mol. The molecule has 4 aromatic rings. The van der Waals surface area contributed by atoms with Gasteiger partial charge >= 0.3 is 0 Å². The molecule has 7 heteroatoms. The summed E-state index contributed by atoms with van der Waals surface area (Å²) in [6.45, 7) is 0. The third-order valence-corrected chi connectivity index (χ3v) is 7.43. The summed E-state index contributed by atoms with van der Waals surface area (Å²) < 4.78 is 11.3. The summed E-state index contributed by atoms with van der Waals surface area (Å²) in [6.07, 6.45) is 10.1. The van der Waals surface area contributed by atoms with E-state index in [4.69, 9.17) is 13.9 Å². The topological polar surface area (TPSA) is 71.8 Å². The highest BCUT2D eigenvalue weighted by Gasteiger charge is 2.45. The second-order valence-corrected chi connectivity index (χ2v) is 9.50. The molecule has 4 heterocycles. The molecule has 0 spiro atoms. The van der Waals surface area contributed by atoms with Crippen molar-refractivity contribution in [2.75, 3.05) is 5.75 Å². The van der Waals surface area contributed by atoms with Crippen LogP contribution in [0.1, 0.15) is 36.8 Å². The van der Waals surface area contributed by atoms with Crippen LogP contribution in [0.2, 0.25) is 0 Å². The molecule has 1 aromatic carbocycles. The van der Waals surface area contributed by atoms with Gasteiger partial charge in [0, 0.05) is 22.4 Å². The number of nitrogens with zero attached hydrogens (tertiary/aromatic N) is 3. The molecule has 2 unspecified atom stereocenters. The van der Waals surface area contributed by atoms with E-state index in [-0.39, 0.29) is 23.6 Å². The Morgan fingerprint density at radius 3 is 2.82 bits per heavy atom. The lowest BCUT2D eigenvalue weighted by Crippen LogP contribution is -2.32. The number of fused-ring (bicyclic) bond motifs is 2. The summed E-state index contributed by atoms with van der Waals surface area (Å²) in [4.78, 5) is 19.0. The average Bonchev–Trinajstić information content (AvgIpc) is 3.63. The molecule has 3 aromatic heterocycles. The van der Waals surface area contributed by atoms with E-state index >= 15 is 0 Å². The lowest BCUT2D eigenvalue weighted by Gasteiger charge is -2.27. The van der Waals surface area contributed by atoms with E-state index in [2.05, 4.69) is 11.1 Å². The summed E-state index contributed by atoms with van der Waals surface area (Å²) in [7, 11) is 0. The first-order valence-electron chi connectivity index (χ1n) is 11.4. The Labute approximate surface area is 201 Å². The van der Waals surface area contributed by atoms with Gasteiger partial charge in [0.15, 0.2) is 0 Å². The standard InChI is InChI=1S/C27H23N3O3S/c31-24(17-34-23-12-2-6-18-8-3-13-28-26(18)23)30-27(22-11-5-15-33-22)21-10-1-7-19(25(21)29-30)16-20-9-4-14-32-20/h2-6,8-9,11-16,21,27H,1,7,10,17H2. The molecule has 0 bridgehead atoms. The van der Waals surface area contributed by atoms with Gasteiger partial charge in [-0.25, -0.2) is 5.01 Å². The Kier molecular flexibility index (Phi) is 5.55. The summed E-state index contributed by atoms with van der Waals surface area (Å²) in [5.74, 6) is 1.91. The van der Waals surface area contributed by atoms with E-state index in [0.29, 0.717) is 0 Å². The molecule has 1 amide bonds. The number of carbonyl (C=O) groups excluding carboxylic acids is 1. The molecule has 1 saturated carbocycles. The fourth-order valence-corrected chi connectivity index (χ4v) is 5.78. The second-order valence-electron chi connectivity index (χ2n) is 8.49. The van der Waals surface area contributed by atoms with Gasteiger partial charge in [0.2, 0.25) is 0 Å². The van der Waals surface area contributed by atoms with Crippen LogP contribution >= 0.6 is 11.8 Å². The van der Waals surface area contributed by atoms with Gasteiger partial charge in [-0.05, 0) is 67.3 Å². The highest BCUT2D eigenvalue weighted by atomic mass is 32.2. The number of thioether (sulfide) groups is 1. The number of benzene rings is 1. The van der Waals surface area contributed by atoms with Crippen molar-refractivity contribution >= 4 is 40.4 Å². The fourth-order valence-electron chi connectivity index (χ4n) is 4.89. The normalized spacial score (nSPS) is 21.1. The molecular weight excluding hydrogens is 446 g/mol. The number of allylic oxidation sites excluding steroid dienone is 1. The van der Waals surface area contributed by atoms with E-state index in [9.17, 15) is 4.79 Å². The summed E-state index contributed by atoms with van der Waals surface area (Å²) in [5.41, 5.74) is 3.01. The first kappa shape index (κ1) is 21.0. The Morgan fingerprint density at radius 1 is 1.09 bits per heavy atom. The van der Waals surface area contributed by atoms with E-state index in [1.165, 1.54) is 11.8 Å². The summed E-state index contributed by atoms with van der Waals surface area (Å²) >= 11 is 1.50. The van der Waals surface area contributed by atoms with Crippen molar-refractivity contribution in [3.63, 3.8) is 0 Å². The maximum Gasteiger partial charge on any atom is 0.253 e. The van der Waals surface area contributed by atoms with Crippen LogP contribution in [0.3, 0.4) is 0 Å². The largest absolute Gasteiger partial charge is 0.467 e. The van der Waals surface area contributed by atoms with Gasteiger partial charge < -0.3 is 8.83 Å². The van der Waals surface area contributed by atoms with Crippen LogP contribution in [-0.2, 0) is 4.79 Å². The minimum absolute atomic E-state index is 0.0430. The maximum absolute atomic E-state index is 13.5. The minimum atomic E-state index is -0.232. The molecule has 34 heavy (non-hydrogen) atoms. The number of hydrazone groups is 1. The molecule has 2 atom stereocenters.